The summed E-state index contributed by atoms with van der Waals surface area (Å²) in [7, 11) is 0. The summed E-state index contributed by atoms with van der Waals surface area (Å²) in [5, 5.41) is 9.85. The summed E-state index contributed by atoms with van der Waals surface area (Å²) in [6.45, 7) is 2.39. The van der Waals surface area contributed by atoms with Gasteiger partial charge in [0, 0.05) is 31.3 Å². The summed E-state index contributed by atoms with van der Waals surface area (Å²) < 4.78 is 0. The van der Waals surface area contributed by atoms with E-state index in [0.29, 0.717) is 13.0 Å². The maximum absolute atomic E-state index is 12.5. The molecule has 2 aromatic rings. The SMILES string of the molecule is CCC(=O)N1CC(=O)N2[C@H](CO)[C@@H](c3ccc(-c4cccnc4)cc3)[C@H]2C1. The third kappa shape index (κ3) is 3.00. The normalized spacial score (nSPS) is 24.4. The molecule has 0 unspecified atom stereocenters. The maximum atomic E-state index is 12.5. The minimum Gasteiger partial charge on any atom is -0.394 e. The molecule has 2 amide bonds. The van der Waals surface area contributed by atoms with E-state index < -0.39 is 0 Å². The lowest BCUT2D eigenvalue weighted by Crippen LogP contribution is -2.73. The van der Waals surface area contributed by atoms with Gasteiger partial charge >= 0.3 is 0 Å². The fourth-order valence-corrected chi connectivity index (χ4v) is 4.34. The molecule has 3 atom stereocenters. The number of nitrogens with zero attached hydrogens (tertiary/aromatic N) is 3. The molecule has 27 heavy (non-hydrogen) atoms. The second-order valence-corrected chi connectivity index (χ2v) is 7.14. The number of piperazine rings is 1. The molecule has 2 fully saturated rings. The molecule has 0 aliphatic carbocycles. The van der Waals surface area contributed by atoms with Crippen LogP contribution in [0.1, 0.15) is 24.8 Å². The zero-order chi connectivity index (χ0) is 19.0. The highest BCUT2D eigenvalue weighted by atomic mass is 16.3. The minimum atomic E-state index is -0.217. The van der Waals surface area contributed by atoms with Crippen LogP contribution in [-0.2, 0) is 9.59 Å². The van der Waals surface area contributed by atoms with Crippen LogP contribution in [0.25, 0.3) is 11.1 Å². The number of aliphatic hydroxyl groups is 1. The van der Waals surface area contributed by atoms with E-state index in [1.165, 1.54) is 0 Å². The fourth-order valence-electron chi connectivity index (χ4n) is 4.34. The molecule has 2 saturated heterocycles. The summed E-state index contributed by atoms with van der Waals surface area (Å²) in [5.74, 6) is -0.0363. The number of benzene rings is 1. The highest BCUT2D eigenvalue weighted by Crippen LogP contribution is 2.43. The summed E-state index contributed by atoms with van der Waals surface area (Å²) in [6.07, 6.45) is 3.97. The van der Waals surface area contributed by atoms with Crippen LogP contribution in [0.2, 0.25) is 0 Å². The van der Waals surface area contributed by atoms with Crippen molar-refractivity contribution in [2.75, 3.05) is 19.7 Å². The number of aromatic nitrogens is 1. The van der Waals surface area contributed by atoms with Crippen LogP contribution in [0.5, 0.6) is 0 Å². The highest BCUT2D eigenvalue weighted by molar-refractivity contribution is 5.87. The Bertz CT molecular complexity index is 838. The van der Waals surface area contributed by atoms with Crippen LogP contribution < -0.4 is 0 Å². The van der Waals surface area contributed by atoms with Crippen molar-refractivity contribution >= 4 is 11.8 Å². The van der Waals surface area contributed by atoms with Crippen molar-refractivity contribution in [3.63, 3.8) is 0 Å². The Morgan fingerprint density at radius 1 is 1.22 bits per heavy atom. The van der Waals surface area contributed by atoms with Crippen molar-refractivity contribution in [2.45, 2.75) is 31.3 Å². The van der Waals surface area contributed by atoms with Gasteiger partial charge in [0.15, 0.2) is 0 Å². The standard InChI is InChI=1S/C21H23N3O3/c1-2-19(26)23-11-17-21(18(13-25)24(17)20(27)12-23)15-7-5-14(6-8-15)16-4-3-9-22-10-16/h3-10,17-18,21,25H,2,11-13H2,1H3/t17-,18-,21+/m1/s1. The third-order valence-corrected chi connectivity index (χ3v) is 5.70. The first-order valence-electron chi connectivity index (χ1n) is 9.34. The molecule has 2 aliphatic heterocycles. The number of amides is 2. The number of carbonyl (C=O) groups excluding carboxylic acids is 2. The Morgan fingerprint density at radius 2 is 2.00 bits per heavy atom. The molecule has 2 aliphatic rings. The molecule has 6 heteroatoms. The Labute approximate surface area is 158 Å². The van der Waals surface area contributed by atoms with E-state index in [9.17, 15) is 14.7 Å². The molecule has 4 rings (SSSR count). The molecule has 0 spiro atoms. The van der Waals surface area contributed by atoms with Gasteiger partial charge in [-0.2, -0.15) is 0 Å². The Balaban J connectivity index is 1.58. The van der Waals surface area contributed by atoms with E-state index in [1.54, 1.807) is 16.0 Å². The van der Waals surface area contributed by atoms with Crippen LogP contribution in [0.4, 0.5) is 0 Å². The maximum Gasteiger partial charge on any atom is 0.242 e. The molecule has 140 valence electrons. The van der Waals surface area contributed by atoms with Gasteiger partial charge in [0.2, 0.25) is 11.8 Å². The first-order chi connectivity index (χ1) is 13.1. The van der Waals surface area contributed by atoms with Crippen LogP contribution >= 0.6 is 0 Å². The van der Waals surface area contributed by atoms with Gasteiger partial charge in [0.25, 0.3) is 0 Å². The largest absolute Gasteiger partial charge is 0.394 e. The molecule has 6 nitrogen and oxygen atoms in total. The number of rotatable bonds is 4. The number of aliphatic hydroxyl groups excluding tert-OH is 1. The molecular formula is C21H23N3O3. The van der Waals surface area contributed by atoms with E-state index >= 15 is 0 Å². The molecule has 0 bridgehead atoms. The smallest absolute Gasteiger partial charge is 0.242 e. The van der Waals surface area contributed by atoms with Crippen molar-refractivity contribution in [2.24, 2.45) is 0 Å². The van der Waals surface area contributed by atoms with Crippen molar-refractivity contribution in [1.29, 1.82) is 0 Å². The number of pyridine rings is 1. The lowest BCUT2D eigenvalue weighted by atomic mass is 9.73. The molecular weight excluding hydrogens is 342 g/mol. The number of fused-ring (bicyclic) bond motifs is 1. The Morgan fingerprint density at radius 3 is 2.63 bits per heavy atom. The lowest BCUT2D eigenvalue weighted by molar-refractivity contribution is -0.166. The molecule has 1 aromatic carbocycles. The first-order valence-corrected chi connectivity index (χ1v) is 9.34. The van der Waals surface area contributed by atoms with Gasteiger partial charge in [-0.3, -0.25) is 14.6 Å². The predicted octanol–water partition coefficient (Wildman–Crippen LogP) is 1.66. The second-order valence-electron chi connectivity index (χ2n) is 7.14. The molecule has 3 heterocycles. The predicted molar refractivity (Wildman–Crippen MR) is 101 cm³/mol. The number of hydrogen-bond donors (Lipinski definition) is 1. The zero-order valence-electron chi connectivity index (χ0n) is 15.3. The average molecular weight is 365 g/mol. The van der Waals surface area contributed by atoms with Gasteiger partial charge in [-0.25, -0.2) is 0 Å². The van der Waals surface area contributed by atoms with E-state index in [0.717, 1.165) is 16.7 Å². The van der Waals surface area contributed by atoms with Crippen LogP contribution in [0.3, 0.4) is 0 Å². The zero-order valence-corrected chi connectivity index (χ0v) is 15.3. The van der Waals surface area contributed by atoms with Crippen LogP contribution in [0.15, 0.2) is 48.8 Å². The number of hydrogen-bond acceptors (Lipinski definition) is 4. The summed E-state index contributed by atoms with van der Waals surface area (Å²) in [6, 6.07) is 11.8. The fraction of sp³-hybridized carbons (Fsp3) is 0.381. The van der Waals surface area contributed by atoms with Gasteiger partial charge in [0.1, 0.15) is 0 Å². The third-order valence-electron chi connectivity index (χ3n) is 5.70. The second kappa shape index (κ2) is 7.12. The Hall–Kier alpha value is -2.73. The van der Waals surface area contributed by atoms with Crippen LogP contribution in [-0.4, -0.2) is 63.5 Å². The Kier molecular flexibility index (Phi) is 4.66. The molecule has 0 radical (unpaired) electrons. The van der Waals surface area contributed by atoms with E-state index in [1.807, 2.05) is 37.4 Å². The molecule has 0 saturated carbocycles. The summed E-state index contributed by atoms with van der Waals surface area (Å²) in [4.78, 5) is 32.1. The summed E-state index contributed by atoms with van der Waals surface area (Å²) in [5.41, 5.74) is 3.21. The monoisotopic (exact) mass is 365 g/mol. The minimum absolute atomic E-state index is 0.00104. The van der Waals surface area contributed by atoms with Gasteiger partial charge in [-0.05, 0) is 22.8 Å². The van der Waals surface area contributed by atoms with Crippen molar-refractivity contribution in [3.8, 4) is 11.1 Å². The van der Waals surface area contributed by atoms with Gasteiger partial charge in [-0.15, -0.1) is 0 Å². The average Bonchev–Trinajstić information content (AvgIpc) is 2.70. The first kappa shape index (κ1) is 17.7. The lowest BCUT2D eigenvalue weighted by Gasteiger charge is -2.58. The van der Waals surface area contributed by atoms with Crippen molar-refractivity contribution < 1.29 is 14.7 Å². The van der Waals surface area contributed by atoms with E-state index in [2.05, 4.69) is 17.1 Å². The number of carbonyl (C=O) groups is 2. The van der Waals surface area contributed by atoms with Gasteiger partial charge in [-0.1, -0.05) is 37.3 Å². The molecule has 1 N–H and O–H groups in total. The van der Waals surface area contributed by atoms with Crippen LogP contribution in [0, 0.1) is 0 Å². The van der Waals surface area contributed by atoms with Gasteiger partial charge < -0.3 is 14.9 Å². The molecule has 1 aromatic heterocycles. The van der Waals surface area contributed by atoms with Crippen molar-refractivity contribution in [1.82, 2.24) is 14.8 Å². The van der Waals surface area contributed by atoms with E-state index in [-0.39, 0.29) is 43.0 Å². The highest BCUT2D eigenvalue weighted by Gasteiger charge is 2.54. The quantitative estimate of drug-likeness (QED) is 0.894. The van der Waals surface area contributed by atoms with Gasteiger partial charge in [0.05, 0.1) is 25.2 Å². The van der Waals surface area contributed by atoms with E-state index in [4.69, 9.17) is 0 Å². The topological polar surface area (TPSA) is 73.7 Å². The summed E-state index contributed by atoms with van der Waals surface area (Å²) >= 11 is 0. The van der Waals surface area contributed by atoms with Crippen molar-refractivity contribution in [3.05, 3.63) is 54.4 Å².